The minimum atomic E-state index is -1.14. The average Bonchev–Trinajstić information content (AvgIpc) is 3.10. The zero-order valence-electron chi connectivity index (χ0n) is 17.2. The normalized spacial score (nSPS) is 19.4. The van der Waals surface area contributed by atoms with Crippen molar-refractivity contribution in [3.05, 3.63) is 70.8 Å². The Balaban J connectivity index is 1.76. The Kier molecular flexibility index (Phi) is 6.61. The molecule has 166 valence electrons. The van der Waals surface area contributed by atoms with E-state index in [0.29, 0.717) is 12.0 Å². The van der Waals surface area contributed by atoms with E-state index in [9.17, 15) is 22.4 Å². The maximum atomic E-state index is 13.5. The number of rotatable bonds is 3. The minimum Gasteiger partial charge on any atom is -0.351 e. The highest BCUT2D eigenvalue weighted by Gasteiger charge is 2.27. The summed E-state index contributed by atoms with van der Waals surface area (Å²) in [5, 5.41) is 5.60. The van der Waals surface area contributed by atoms with E-state index in [4.69, 9.17) is 0 Å². The molecule has 31 heavy (non-hydrogen) atoms. The van der Waals surface area contributed by atoms with Gasteiger partial charge in [-0.15, -0.1) is 0 Å². The smallest absolute Gasteiger partial charge is 0.258 e. The molecule has 1 aliphatic heterocycles. The zero-order chi connectivity index (χ0) is 22.8. The molecule has 0 aliphatic carbocycles. The molecule has 2 atom stereocenters. The second-order valence-corrected chi connectivity index (χ2v) is 8.23. The topological polar surface area (TPSA) is 77.6 Å². The van der Waals surface area contributed by atoms with Crippen molar-refractivity contribution in [3.63, 3.8) is 0 Å². The molecule has 1 saturated heterocycles. The van der Waals surface area contributed by atoms with Gasteiger partial charge in [0.25, 0.3) is 5.91 Å². The number of carbonyl (C=O) groups is 1. The van der Waals surface area contributed by atoms with E-state index < -0.39 is 46.9 Å². The fourth-order valence-corrected chi connectivity index (χ4v) is 3.04. The summed E-state index contributed by atoms with van der Waals surface area (Å²) in [7, 11) is 0. The van der Waals surface area contributed by atoms with Gasteiger partial charge < -0.3 is 5.32 Å². The summed E-state index contributed by atoms with van der Waals surface area (Å²) < 4.78 is 53.6. The van der Waals surface area contributed by atoms with Gasteiger partial charge in [0.2, 0.25) is 0 Å². The molecule has 0 saturated carbocycles. The predicted molar refractivity (Wildman–Crippen MR) is 108 cm³/mol. The Morgan fingerprint density at radius 2 is 1.68 bits per heavy atom. The van der Waals surface area contributed by atoms with Gasteiger partial charge in [-0.1, -0.05) is 0 Å². The lowest BCUT2D eigenvalue weighted by Gasteiger charge is -2.24. The number of aliphatic imine (C=N–C) groups is 1. The largest absolute Gasteiger partial charge is 0.351 e. The summed E-state index contributed by atoms with van der Waals surface area (Å²) in [4.78, 5) is 16.9. The van der Waals surface area contributed by atoms with Crippen molar-refractivity contribution < 1.29 is 22.4 Å². The molecule has 0 bridgehead atoms. The second kappa shape index (κ2) is 9.03. The van der Waals surface area contributed by atoms with E-state index in [1.807, 2.05) is 20.8 Å². The fourth-order valence-electron chi connectivity index (χ4n) is 3.04. The van der Waals surface area contributed by atoms with Gasteiger partial charge in [0.05, 0.1) is 0 Å². The molecule has 2 unspecified atom stereocenters. The standard InChI is InChI=1S/C21H23F4N5O/c1-21(2,3)28-20(27-19(31)11-4-5-15(24)16(25)8-11)26-18-10-17(29-30-18)12-6-13(22)9-14(23)7-12/h4-9,17-18,29-30H,10H2,1-3H3,(H2,26,27,28,31). The number of hydrogen-bond acceptors (Lipinski definition) is 4. The molecule has 2 aromatic carbocycles. The molecule has 6 nitrogen and oxygen atoms in total. The Morgan fingerprint density at radius 3 is 2.29 bits per heavy atom. The number of hydrazine groups is 1. The average molecular weight is 437 g/mol. The van der Waals surface area contributed by atoms with E-state index in [1.165, 1.54) is 12.1 Å². The lowest BCUT2D eigenvalue weighted by Crippen LogP contribution is -2.50. The highest BCUT2D eigenvalue weighted by atomic mass is 19.2. The van der Waals surface area contributed by atoms with Crippen LogP contribution in [0.15, 0.2) is 41.4 Å². The molecule has 4 N–H and O–H groups in total. The third-order valence-electron chi connectivity index (χ3n) is 4.36. The van der Waals surface area contributed by atoms with Gasteiger partial charge in [0.15, 0.2) is 17.6 Å². The van der Waals surface area contributed by atoms with Crippen LogP contribution in [0.2, 0.25) is 0 Å². The number of nitrogens with one attached hydrogen (secondary N) is 4. The fraction of sp³-hybridized carbons (Fsp3) is 0.333. The van der Waals surface area contributed by atoms with Crippen LogP contribution in [0, 0.1) is 23.3 Å². The van der Waals surface area contributed by atoms with Gasteiger partial charge >= 0.3 is 0 Å². The van der Waals surface area contributed by atoms with Gasteiger partial charge in [-0.05, 0) is 56.7 Å². The molecule has 2 aromatic rings. The van der Waals surface area contributed by atoms with Gasteiger partial charge in [0, 0.05) is 29.6 Å². The Labute approximate surface area is 177 Å². The molecule has 0 radical (unpaired) electrons. The molecule has 0 aromatic heterocycles. The van der Waals surface area contributed by atoms with Crippen molar-refractivity contribution in [2.75, 3.05) is 0 Å². The quantitative estimate of drug-likeness (QED) is 0.338. The Morgan fingerprint density at radius 1 is 1.00 bits per heavy atom. The van der Waals surface area contributed by atoms with Crippen LogP contribution in [-0.4, -0.2) is 23.6 Å². The lowest BCUT2D eigenvalue weighted by atomic mass is 10.0. The highest BCUT2D eigenvalue weighted by Crippen LogP contribution is 2.24. The first-order valence-electron chi connectivity index (χ1n) is 9.59. The molecular weight excluding hydrogens is 414 g/mol. The summed E-state index contributed by atoms with van der Waals surface area (Å²) in [5.41, 5.74) is 5.69. The van der Waals surface area contributed by atoms with E-state index in [2.05, 4.69) is 26.5 Å². The molecule has 3 rings (SSSR count). The van der Waals surface area contributed by atoms with E-state index in [1.54, 1.807) is 0 Å². The molecule has 1 fully saturated rings. The van der Waals surface area contributed by atoms with Crippen molar-refractivity contribution in [3.8, 4) is 0 Å². The maximum absolute atomic E-state index is 13.5. The molecule has 1 aliphatic rings. The van der Waals surface area contributed by atoms with Crippen molar-refractivity contribution in [1.82, 2.24) is 21.5 Å². The Bertz CT molecular complexity index is 985. The first-order valence-corrected chi connectivity index (χ1v) is 9.59. The molecule has 1 heterocycles. The van der Waals surface area contributed by atoms with Gasteiger partial charge in [-0.2, -0.15) is 0 Å². The number of hydrogen-bond donors (Lipinski definition) is 4. The van der Waals surface area contributed by atoms with E-state index in [0.717, 1.165) is 24.3 Å². The number of halogens is 4. The Hall–Kier alpha value is -2.98. The second-order valence-electron chi connectivity index (χ2n) is 8.23. The third-order valence-corrected chi connectivity index (χ3v) is 4.36. The van der Waals surface area contributed by atoms with Gasteiger partial charge in [-0.3, -0.25) is 10.1 Å². The van der Waals surface area contributed by atoms with Crippen LogP contribution in [0.25, 0.3) is 0 Å². The van der Waals surface area contributed by atoms with Crippen molar-refractivity contribution in [1.29, 1.82) is 0 Å². The van der Waals surface area contributed by atoms with Crippen LogP contribution in [0.4, 0.5) is 17.6 Å². The third kappa shape index (κ3) is 6.25. The minimum absolute atomic E-state index is 0.0760. The number of guanidine groups is 1. The predicted octanol–water partition coefficient (Wildman–Crippen LogP) is 3.28. The maximum Gasteiger partial charge on any atom is 0.258 e. The summed E-state index contributed by atoms with van der Waals surface area (Å²) in [6.07, 6.45) is -0.189. The molecule has 0 spiro atoms. The van der Waals surface area contributed by atoms with Crippen molar-refractivity contribution in [2.45, 2.75) is 44.9 Å². The van der Waals surface area contributed by atoms with Gasteiger partial charge in [0.1, 0.15) is 17.8 Å². The summed E-state index contributed by atoms with van der Waals surface area (Å²) in [6.45, 7) is 5.56. The van der Waals surface area contributed by atoms with Crippen LogP contribution in [-0.2, 0) is 0 Å². The lowest BCUT2D eigenvalue weighted by molar-refractivity contribution is 0.0974. The first-order chi connectivity index (χ1) is 14.5. The van der Waals surface area contributed by atoms with Gasteiger partial charge in [-0.25, -0.2) is 33.4 Å². The number of carbonyl (C=O) groups excluding carboxylic acids is 1. The van der Waals surface area contributed by atoms with Crippen LogP contribution in [0.5, 0.6) is 0 Å². The highest BCUT2D eigenvalue weighted by molar-refractivity contribution is 6.05. The monoisotopic (exact) mass is 437 g/mol. The van der Waals surface area contributed by atoms with Crippen LogP contribution >= 0.6 is 0 Å². The summed E-state index contributed by atoms with van der Waals surface area (Å²) in [6, 6.07) is 5.66. The molecule has 10 heteroatoms. The van der Waals surface area contributed by atoms with Crippen LogP contribution in [0.1, 0.15) is 49.2 Å². The van der Waals surface area contributed by atoms with E-state index in [-0.39, 0.29) is 11.5 Å². The van der Waals surface area contributed by atoms with Crippen LogP contribution < -0.4 is 21.5 Å². The summed E-state index contributed by atoms with van der Waals surface area (Å²) in [5.74, 6) is -4.13. The number of amides is 1. The molecule has 1 amide bonds. The summed E-state index contributed by atoms with van der Waals surface area (Å²) >= 11 is 0. The zero-order valence-corrected chi connectivity index (χ0v) is 17.2. The van der Waals surface area contributed by atoms with Crippen molar-refractivity contribution in [2.24, 2.45) is 4.99 Å². The SMILES string of the molecule is CC(C)(C)NC(=NC1CC(c2cc(F)cc(F)c2)NN1)NC(=O)c1ccc(F)c(F)c1. The first kappa shape index (κ1) is 22.7. The number of benzene rings is 2. The molecular formula is C21H23F4N5O. The van der Waals surface area contributed by atoms with Crippen LogP contribution in [0.3, 0.4) is 0 Å². The number of nitrogens with zero attached hydrogens (tertiary/aromatic N) is 1. The van der Waals surface area contributed by atoms with Crippen molar-refractivity contribution >= 4 is 11.9 Å². The van der Waals surface area contributed by atoms with E-state index >= 15 is 0 Å².